The molecule has 1 amide bonds. The molecule has 1 N–H and O–H groups in total. The van der Waals surface area contributed by atoms with E-state index in [0.717, 1.165) is 28.2 Å². The average molecular weight is 394 g/mol. The first kappa shape index (κ1) is 19.9. The van der Waals surface area contributed by atoms with Crippen LogP contribution < -0.4 is 5.43 Å². The van der Waals surface area contributed by atoms with Gasteiger partial charge in [-0.05, 0) is 62.6 Å². The fourth-order valence-electron chi connectivity index (χ4n) is 3.23. The van der Waals surface area contributed by atoms with Gasteiger partial charge < -0.3 is 4.57 Å². The van der Waals surface area contributed by atoms with Crippen LogP contribution >= 0.6 is 11.6 Å². The van der Waals surface area contributed by atoms with Crippen molar-refractivity contribution in [2.24, 2.45) is 5.10 Å². The lowest BCUT2D eigenvalue weighted by molar-refractivity contribution is -0.120. The van der Waals surface area contributed by atoms with Gasteiger partial charge in [-0.15, -0.1) is 0 Å². The summed E-state index contributed by atoms with van der Waals surface area (Å²) >= 11 is 6.34. The Kier molecular flexibility index (Phi) is 6.00. The van der Waals surface area contributed by atoms with Gasteiger partial charge in [0, 0.05) is 17.0 Å². The van der Waals surface area contributed by atoms with Crippen molar-refractivity contribution in [1.82, 2.24) is 9.99 Å². The second kappa shape index (κ2) is 8.44. The van der Waals surface area contributed by atoms with Gasteiger partial charge in [0.05, 0.1) is 23.3 Å². The van der Waals surface area contributed by atoms with Gasteiger partial charge in [-0.25, -0.2) is 5.43 Å². The molecule has 0 aliphatic heterocycles. The number of nitrogens with one attached hydrogen (secondary N) is 1. The number of para-hydroxylation sites is 1. The van der Waals surface area contributed by atoms with Crippen molar-refractivity contribution < 1.29 is 4.79 Å². The SMILES string of the molecule is Cc1ccc(CC(=O)N/N=C\c2cc(C)n(-c3ccccc3Cl)c2C)cc1C. The molecule has 2 aromatic carbocycles. The topological polar surface area (TPSA) is 46.4 Å². The normalized spacial score (nSPS) is 11.2. The van der Waals surface area contributed by atoms with Gasteiger partial charge in [-0.3, -0.25) is 4.79 Å². The van der Waals surface area contributed by atoms with Crippen molar-refractivity contribution >= 4 is 23.7 Å². The maximum atomic E-state index is 12.2. The second-order valence-corrected chi connectivity index (χ2v) is 7.41. The molecule has 1 aromatic heterocycles. The number of hydrogen-bond donors (Lipinski definition) is 1. The van der Waals surface area contributed by atoms with Crippen LogP contribution in [0.5, 0.6) is 0 Å². The van der Waals surface area contributed by atoms with E-state index in [4.69, 9.17) is 11.6 Å². The van der Waals surface area contributed by atoms with Crippen LogP contribution in [-0.2, 0) is 11.2 Å². The van der Waals surface area contributed by atoms with Crippen LogP contribution in [0.3, 0.4) is 0 Å². The molecule has 0 aliphatic rings. The van der Waals surface area contributed by atoms with Gasteiger partial charge in [-0.1, -0.05) is 41.9 Å². The molecule has 0 radical (unpaired) electrons. The Morgan fingerprint density at radius 2 is 1.82 bits per heavy atom. The van der Waals surface area contributed by atoms with E-state index in [-0.39, 0.29) is 5.91 Å². The summed E-state index contributed by atoms with van der Waals surface area (Å²) in [6.45, 7) is 8.13. The Morgan fingerprint density at radius 3 is 2.54 bits per heavy atom. The summed E-state index contributed by atoms with van der Waals surface area (Å²) in [5.41, 5.74) is 9.92. The first-order valence-electron chi connectivity index (χ1n) is 9.18. The zero-order valence-electron chi connectivity index (χ0n) is 16.6. The van der Waals surface area contributed by atoms with Gasteiger partial charge in [-0.2, -0.15) is 5.10 Å². The maximum Gasteiger partial charge on any atom is 0.244 e. The van der Waals surface area contributed by atoms with E-state index in [1.165, 1.54) is 11.1 Å². The van der Waals surface area contributed by atoms with Gasteiger partial charge in [0.1, 0.15) is 0 Å². The van der Waals surface area contributed by atoms with E-state index in [2.05, 4.69) is 22.0 Å². The van der Waals surface area contributed by atoms with Crippen LogP contribution in [0.25, 0.3) is 5.69 Å². The monoisotopic (exact) mass is 393 g/mol. The molecule has 28 heavy (non-hydrogen) atoms. The molecule has 0 bridgehead atoms. The van der Waals surface area contributed by atoms with Crippen LogP contribution in [0, 0.1) is 27.7 Å². The number of hydrogen-bond acceptors (Lipinski definition) is 2. The number of carbonyl (C=O) groups is 1. The molecule has 1 heterocycles. The molecule has 0 spiro atoms. The number of benzene rings is 2. The van der Waals surface area contributed by atoms with E-state index < -0.39 is 0 Å². The first-order valence-corrected chi connectivity index (χ1v) is 9.56. The summed E-state index contributed by atoms with van der Waals surface area (Å²) in [6, 6.07) is 15.8. The highest BCUT2D eigenvalue weighted by Gasteiger charge is 2.11. The van der Waals surface area contributed by atoms with E-state index in [9.17, 15) is 4.79 Å². The summed E-state index contributed by atoms with van der Waals surface area (Å²) in [7, 11) is 0. The van der Waals surface area contributed by atoms with E-state index in [1.54, 1.807) is 6.21 Å². The number of carbonyl (C=O) groups excluding carboxylic acids is 1. The fraction of sp³-hybridized carbons (Fsp3) is 0.217. The van der Waals surface area contributed by atoms with Crippen molar-refractivity contribution in [1.29, 1.82) is 0 Å². The van der Waals surface area contributed by atoms with Crippen molar-refractivity contribution in [3.8, 4) is 5.69 Å². The molecular formula is C23H24ClN3O. The summed E-state index contributed by atoms with van der Waals surface area (Å²) in [5.74, 6) is -0.139. The molecular weight excluding hydrogens is 370 g/mol. The summed E-state index contributed by atoms with van der Waals surface area (Å²) in [6.07, 6.45) is 1.98. The van der Waals surface area contributed by atoms with E-state index in [1.807, 2.05) is 69.3 Å². The van der Waals surface area contributed by atoms with Gasteiger partial charge >= 0.3 is 0 Å². The summed E-state index contributed by atoms with van der Waals surface area (Å²) < 4.78 is 2.08. The van der Waals surface area contributed by atoms with Gasteiger partial charge in [0.25, 0.3) is 0 Å². The predicted molar refractivity (Wildman–Crippen MR) is 116 cm³/mol. The maximum absolute atomic E-state index is 12.2. The Morgan fingerprint density at radius 1 is 1.07 bits per heavy atom. The van der Waals surface area contributed by atoms with E-state index >= 15 is 0 Å². The molecule has 5 heteroatoms. The highest BCUT2D eigenvalue weighted by atomic mass is 35.5. The third-order valence-corrected chi connectivity index (χ3v) is 5.21. The summed E-state index contributed by atoms with van der Waals surface area (Å²) in [4.78, 5) is 12.2. The van der Waals surface area contributed by atoms with Crippen LogP contribution in [0.4, 0.5) is 0 Å². The third kappa shape index (κ3) is 4.34. The molecule has 0 saturated heterocycles. The molecule has 0 fully saturated rings. The number of amides is 1. The molecule has 4 nitrogen and oxygen atoms in total. The zero-order chi connectivity index (χ0) is 20.3. The molecule has 0 atom stereocenters. The van der Waals surface area contributed by atoms with Crippen molar-refractivity contribution in [3.05, 3.63) is 87.2 Å². The lowest BCUT2D eigenvalue weighted by Gasteiger charge is -2.11. The van der Waals surface area contributed by atoms with E-state index in [0.29, 0.717) is 11.4 Å². The van der Waals surface area contributed by atoms with Crippen molar-refractivity contribution in [2.75, 3.05) is 0 Å². The molecule has 3 aromatic rings. The Balaban J connectivity index is 1.71. The highest BCUT2D eigenvalue weighted by Crippen LogP contribution is 2.25. The average Bonchev–Trinajstić information content (AvgIpc) is 2.92. The van der Waals surface area contributed by atoms with Crippen molar-refractivity contribution in [3.63, 3.8) is 0 Å². The minimum atomic E-state index is -0.139. The standard InChI is InChI=1S/C23H24ClN3O/c1-15-9-10-19(11-16(15)2)13-23(28)26-25-14-20-12-17(3)27(18(20)4)22-8-6-5-7-21(22)24/h5-12,14H,13H2,1-4H3,(H,26,28)/b25-14-. The molecule has 144 valence electrons. The first-order chi connectivity index (χ1) is 13.4. The molecule has 3 rings (SSSR count). The quantitative estimate of drug-likeness (QED) is 0.478. The minimum Gasteiger partial charge on any atom is -0.316 e. The largest absolute Gasteiger partial charge is 0.316 e. The number of halogens is 1. The number of aryl methyl sites for hydroxylation is 3. The number of rotatable bonds is 5. The lowest BCUT2D eigenvalue weighted by Crippen LogP contribution is -2.19. The Labute approximate surface area is 170 Å². The van der Waals surface area contributed by atoms with Crippen LogP contribution in [0.1, 0.15) is 33.6 Å². The van der Waals surface area contributed by atoms with Crippen LogP contribution in [0.2, 0.25) is 5.02 Å². The molecule has 0 saturated carbocycles. The predicted octanol–water partition coefficient (Wildman–Crippen LogP) is 5.06. The number of aromatic nitrogens is 1. The lowest BCUT2D eigenvalue weighted by atomic mass is 10.0. The molecule has 0 unspecified atom stereocenters. The Bertz CT molecular complexity index is 1050. The van der Waals surface area contributed by atoms with Crippen LogP contribution in [-0.4, -0.2) is 16.7 Å². The highest BCUT2D eigenvalue weighted by molar-refractivity contribution is 6.32. The minimum absolute atomic E-state index is 0.139. The number of nitrogens with zero attached hydrogens (tertiary/aromatic N) is 2. The number of hydrazone groups is 1. The summed E-state index contributed by atoms with van der Waals surface area (Å²) in [5, 5.41) is 4.83. The smallest absolute Gasteiger partial charge is 0.244 e. The second-order valence-electron chi connectivity index (χ2n) is 7.00. The third-order valence-electron chi connectivity index (χ3n) is 4.89. The van der Waals surface area contributed by atoms with Gasteiger partial charge in [0.15, 0.2) is 0 Å². The fourth-order valence-corrected chi connectivity index (χ4v) is 3.45. The van der Waals surface area contributed by atoms with Gasteiger partial charge in [0.2, 0.25) is 5.91 Å². The Hall–Kier alpha value is -2.85. The van der Waals surface area contributed by atoms with Crippen LogP contribution in [0.15, 0.2) is 53.6 Å². The zero-order valence-corrected chi connectivity index (χ0v) is 17.3. The molecule has 0 aliphatic carbocycles. The van der Waals surface area contributed by atoms with Crippen molar-refractivity contribution in [2.45, 2.75) is 34.1 Å².